The summed E-state index contributed by atoms with van der Waals surface area (Å²) in [5.41, 5.74) is 2.19. The summed E-state index contributed by atoms with van der Waals surface area (Å²) in [6, 6.07) is 12.3. The number of aromatic nitrogens is 2. The van der Waals surface area contributed by atoms with Crippen molar-refractivity contribution in [1.29, 1.82) is 0 Å². The Morgan fingerprint density at radius 3 is 2.60 bits per heavy atom. The third-order valence-electron chi connectivity index (χ3n) is 4.77. The van der Waals surface area contributed by atoms with Gasteiger partial charge in [0.25, 0.3) is 0 Å². The molecule has 0 amide bonds. The quantitative estimate of drug-likeness (QED) is 0.525. The lowest BCUT2D eigenvalue weighted by molar-refractivity contribution is 0.0204. The number of carbonyl (C=O) groups excluding carboxylic acids is 1. The highest BCUT2D eigenvalue weighted by Crippen LogP contribution is 2.18. The van der Waals surface area contributed by atoms with Crippen LogP contribution in [-0.2, 0) is 29.2 Å². The smallest absolute Gasteiger partial charge is 0.338 e. The van der Waals surface area contributed by atoms with Crippen LogP contribution in [0, 0.1) is 0 Å². The number of ether oxygens (including phenoxy) is 2. The summed E-state index contributed by atoms with van der Waals surface area (Å²) in [5.74, 6) is -0.453. The molecule has 160 valence electrons. The molecule has 0 aliphatic carbocycles. The molecule has 1 N–H and O–H groups in total. The first-order valence-electron chi connectivity index (χ1n) is 9.85. The third kappa shape index (κ3) is 4.75. The molecule has 1 atom stereocenters. The van der Waals surface area contributed by atoms with E-state index in [0.717, 1.165) is 5.56 Å². The number of hydrogen-bond donors (Lipinski definition) is 1. The maximum absolute atomic E-state index is 12.8. The van der Waals surface area contributed by atoms with Crippen molar-refractivity contribution in [2.45, 2.75) is 39.6 Å². The monoisotopic (exact) mass is 432 g/mol. The van der Waals surface area contributed by atoms with Crippen LogP contribution in [0.3, 0.4) is 0 Å². The first kappa shape index (κ1) is 22.1. The van der Waals surface area contributed by atoms with Gasteiger partial charge in [0.1, 0.15) is 0 Å². The van der Waals surface area contributed by atoms with E-state index in [1.54, 1.807) is 35.8 Å². The van der Waals surface area contributed by atoms with Crippen molar-refractivity contribution in [3.63, 3.8) is 0 Å². The molecule has 3 rings (SSSR count). The summed E-state index contributed by atoms with van der Waals surface area (Å²) >= 11 is 6.11. The van der Waals surface area contributed by atoms with E-state index < -0.39 is 12.1 Å². The fourth-order valence-corrected chi connectivity index (χ4v) is 3.52. The van der Waals surface area contributed by atoms with Crippen LogP contribution in [0.25, 0.3) is 11.0 Å². The lowest BCUT2D eigenvalue weighted by Crippen LogP contribution is -2.30. The van der Waals surface area contributed by atoms with E-state index in [1.807, 2.05) is 25.1 Å². The molecule has 2 aromatic carbocycles. The summed E-state index contributed by atoms with van der Waals surface area (Å²) in [4.78, 5) is 24.9. The van der Waals surface area contributed by atoms with Crippen LogP contribution in [0.1, 0.15) is 29.8 Å². The Kier molecular flexibility index (Phi) is 7.31. The van der Waals surface area contributed by atoms with Gasteiger partial charge in [-0.25, -0.2) is 9.59 Å². The summed E-state index contributed by atoms with van der Waals surface area (Å²) in [5, 5.41) is 11.1. The fourth-order valence-electron chi connectivity index (χ4n) is 3.33. The van der Waals surface area contributed by atoms with Crippen LogP contribution in [0.5, 0.6) is 0 Å². The van der Waals surface area contributed by atoms with Crippen LogP contribution in [-0.4, -0.2) is 39.5 Å². The van der Waals surface area contributed by atoms with Crippen molar-refractivity contribution in [1.82, 2.24) is 9.13 Å². The number of aliphatic hydroxyl groups excluding tert-OH is 1. The second kappa shape index (κ2) is 9.93. The number of aryl methyl sites for hydroxylation is 1. The SMILES string of the molecule is CCOC(=O)c1ccc2c(c1)n(CC(O)COCc1ccccc1Cl)c(=O)n2CC. The van der Waals surface area contributed by atoms with Gasteiger partial charge in [0.15, 0.2) is 0 Å². The largest absolute Gasteiger partial charge is 0.462 e. The molecule has 0 aliphatic heterocycles. The number of benzene rings is 2. The number of imidazole rings is 1. The van der Waals surface area contributed by atoms with Gasteiger partial charge in [-0.1, -0.05) is 29.8 Å². The molecule has 7 nitrogen and oxygen atoms in total. The van der Waals surface area contributed by atoms with Crippen molar-refractivity contribution in [2.24, 2.45) is 0 Å². The molecule has 0 aliphatic rings. The van der Waals surface area contributed by atoms with Gasteiger partial charge in [-0.2, -0.15) is 0 Å². The van der Waals surface area contributed by atoms with Gasteiger partial charge in [0.2, 0.25) is 0 Å². The molecular weight excluding hydrogens is 408 g/mol. The highest BCUT2D eigenvalue weighted by molar-refractivity contribution is 6.31. The zero-order valence-corrected chi connectivity index (χ0v) is 17.8. The predicted octanol–water partition coefficient (Wildman–Crippen LogP) is 3.23. The molecule has 0 spiro atoms. The molecule has 0 saturated carbocycles. The summed E-state index contributed by atoms with van der Waals surface area (Å²) < 4.78 is 13.7. The van der Waals surface area contributed by atoms with Crippen molar-refractivity contribution < 1.29 is 19.4 Å². The Morgan fingerprint density at radius 1 is 1.13 bits per heavy atom. The van der Waals surface area contributed by atoms with Gasteiger partial charge in [0, 0.05) is 11.6 Å². The van der Waals surface area contributed by atoms with Crippen LogP contribution in [0.2, 0.25) is 5.02 Å². The topological polar surface area (TPSA) is 82.7 Å². The minimum atomic E-state index is -0.910. The molecule has 0 radical (unpaired) electrons. The number of fused-ring (bicyclic) bond motifs is 1. The average molecular weight is 433 g/mol. The maximum Gasteiger partial charge on any atom is 0.338 e. The van der Waals surface area contributed by atoms with Crippen molar-refractivity contribution in [3.05, 3.63) is 69.1 Å². The van der Waals surface area contributed by atoms with Crippen molar-refractivity contribution >= 4 is 28.6 Å². The predicted molar refractivity (Wildman–Crippen MR) is 115 cm³/mol. The van der Waals surface area contributed by atoms with Crippen LogP contribution in [0.4, 0.5) is 0 Å². The first-order chi connectivity index (χ1) is 14.5. The number of hydrogen-bond acceptors (Lipinski definition) is 5. The highest BCUT2D eigenvalue weighted by Gasteiger charge is 2.18. The van der Waals surface area contributed by atoms with Gasteiger partial charge < -0.3 is 14.6 Å². The van der Waals surface area contributed by atoms with Crippen LogP contribution < -0.4 is 5.69 Å². The Bertz CT molecular complexity index is 1090. The molecule has 0 fully saturated rings. The Balaban J connectivity index is 1.79. The number of aliphatic hydroxyl groups is 1. The first-order valence-corrected chi connectivity index (χ1v) is 10.2. The van der Waals surface area contributed by atoms with E-state index in [-0.39, 0.29) is 32.1 Å². The lowest BCUT2D eigenvalue weighted by Gasteiger charge is -2.13. The van der Waals surface area contributed by atoms with Gasteiger partial charge >= 0.3 is 11.7 Å². The molecule has 8 heteroatoms. The van der Waals surface area contributed by atoms with E-state index in [1.165, 1.54) is 4.57 Å². The second-order valence-electron chi connectivity index (χ2n) is 6.82. The number of halogens is 1. The Labute approximate surface area is 179 Å². The van der Waals surface area contributed by atoms with Gasteiger partial charge in [-0.3, -0.25) is 9.13 Å². The fraction of sp³-hybridized carbons (Fsp3) is 0.364. The third-order valence-corrected chi connectivity index (χ3v) is 5.13. The van der Waals surface area contributed by atoms with E-state index >= 15 is 0 Å². The van der Waals surface area contributed by atoms with E-state index in [4.69, 9.17) is 21.1 Å². The molecule has 1 heterocycles. The second-order valence-corrected chi connectivity index (χ2v) is 7.23. The molecule has 30 heavy (non-hydrogen) atoms. The Morgan fingerprint density at radius 2 is 1.90 bits per heavy atom. The minimum Gasteiger partial charge on any atom is -0.462 e. The minimum absolute atomic E-state index is 0.0357. The average Bonchev–Trinajstić information content (AvgIpc) is 2.99. The molecule has 0 bridgehead atoms. The zero-order chi connectivity index (χ0) is 21.7. The normalized spacial score (nSPS) is 12.3. The standard InChI is InChI=1S/C22H25ClN2O5/c1-3-24-19-10-9-15(21(27)30-4-2)11-20(19)25(22(24)28)12-17(26)14-29-13-16-7-5-6-8-18(16)23/h5-11,17,26H,3-4,12-14H2,1-2H3. The molecule has 0 saturated heterocycles. The lowest BCUT2D eigenvalue weighted by atomic mass is 10.2. The number of nitrogens with zero attached hydrogens (tertiary/aromatic N) is 2. The summed E-state index contributed by atoms with van der Waals surface area (Å²) in [6.45, 7) is 4.67. The molecule has 3 aromatic rings. The zero-order valence-electron chi connectivity index (χ0n) is 17.0. The van der Waals surface area contributed by atoms with Crippen molar-refractivity contribution in [2.75, 3.05) is 13.2 Å². The van der Waals surface area contributed by atoms with Gasteiger partial charge in [0.05, 0.1) is 49.1 Å². The highest BCUT2D eigenvalue weighted by atomic mass is 35.5. The Hall–Kier alpha value is -2.61. The van der Waals surface area contributed by atoms with E-state index in [2.05, 4.69) is 0 Å². The van der Waals surface area contributed by atoms with E-state index in [9.17, 15) is 14.7 Å². The number of rotatable bonds is 9. The van der Waals surface area contributed by atoms with Crippen molar-refractivity contribution in [3.8, 4) is 0 Å². The van der Waals surface area contributed by atoms with Gasteiger partial charge in [-0.05, 0) is 43.7 Å². The number of esters is 1. The van der Waals surface area contributed by atoms with Gasteiger partial charge in [-0.15, -0.1) is 0 Å². The molecule has 1 aromatic heterocycles. The molecule has 1 unspecified atom stereocenters. The van der Waals surface area contributed by atoms with Crippen LogP contribution in [0.15, 0.2) is 47.3 Å². The summed E-state index contributed by atoms with van der Waals surface area (Å²) in [6.07, 6.45) is -0.910. The summed E-state index contributed by atoms with van der Waals surface area (Å²) in [7, 11) is 0. The number of carbonyl (C=O) groups is 1. The molecular formula is C22H25ClN2O5. The van der Waals surface area contributed by atoms with E-state index in [0.29, 0.717) is 28.2 Å². The van der Waals surface area contributed by atoms with Crippen LogP contribution >= 0.6 is 11.6 Å². The maximum atomic E-state index is 12.8.